The number of hydrogen-bond acceptors (Lipinski definition) is 6. The summed E-state index contributed by atoms with van der Waals surface area (Å²) in [5, 5.41) is 0. The van der Waals surface area contributed by atoms with Gasteiger partial charge in [0, 0.05) is 74.0 Å². The maximum atomic E-state index is 5.52. The van der Waals surface area contributed by atoms with Gasteiger partial charge in [-0.05, 0) is 0 Å². The van der Waals surface area contributed by atoms with Crippen molar-refractivity contribution in [2.24, 2.45) is 0 Å². The van der Waals surface area contributed by atoms with Crippen molar-refractivity contribution in [3.63, 3.8) is 0 Å². The second kappa shape index (κ2) is 17.9. The smallest absolute Gasteiger partial charge is 0.500 e. The van der Waals surface area contributed by atoms with Crippen molar-refractivity contribution < 1.29 is 83.5 Å². The predicted molar refractivity (Wildman–Crippen MR) is 121 cm³/mol. The van der Waals surface area contributed by atoms with E-state index in [0.717, 1.165) is 60.1 Å². The van der Waals surface area contributed by atoms with Crippen LogP contribution in [0.1, 0.15) is 19.3 Å². The lowest BCUT2D eigenvalue weighted by atomic mass is 10.2. The van der Waals surface area contributed by atoms with Crippen molar-refractivity contribution >= 4 is 17.6 Å². The molecule has 0 saturated heterocycles. The molecule has 0 unspecified atom stereocenters. The van der Waals surface area contributed by atoms with Crippen LogP contribution in [0.15, 0.2) is 0 Å². The number of rotatable bonds is 18. The molecule has 192 valence electrons. The van der Waals surface area contributed by atoms with Gasteiger partial charge in [-0.25, -0.2) is 0 Å². The molecule has 12 heteroatoms. The first-order valence-corrected chi connectivity index (χ1v) is 14.3. The highest BCUT2D eigenvalue weighted by Crippen LogP contribution is 2.18. The Balaban J connectivity index is -0.00000392. The van der Waals surface area contributed by atoms with Gasteiger partial charge in [0.2, 0.25) is 0 Å². The summed E-state index contributed by atoms with van der Waals surface area (Å²) < 4.78 is 35.1. The molecule has 0 aromatic rings. The fourth-order valence-electron chi connectivity index (χ4n) is 3.71. The lowest BCUT2D eigenvalue weighted by Gasteiger charge is -2.34. The summed E-state index contributed by atoms with van der Waals surface area (Å²) in [6.45, 7) is 4.47. The van der Waals surface area contributed by atoms with Crippen LogP contribution in [0.4, 0.5) is 0 Å². The van der Waals surface area contributed by atoms with Gasteiger partial charge in [-0.15, -0.1) is 0 Å². The molecule has 0 fully saturated rings. The van der Waals surface area contributed by atoms with Crippen molar-refractivity contribution in [3.8, 4) is 0 Å². The molecule has 0 aromatic carbocycles. The Kier molecular flexibility index (Phi) is 21.5. The van der Waals surface area contributed by atoms with Gasteiger partial charge in [0.1, 0.15) is 0 Å². The van der Waals surface area contributed by atoms with Crippen molar-refractivity contribution in [2.75, 3.05) is 97.0 Å². The molecule has 0 amide bonds. The average Bonchev–Trinajstić information content (AvgIpc) is 2.69. The second-order valence-corrected chi connectivity index (χ2v) is 15.1. The number of nitrogens with zero attached hydrogens (tertiary/aromatic N) is 2. The van der Waals surface area contributed by atoms with Gasteiger partial charge in [0.25, 0.3) is 0 Å². The quantitative estimate of drug-likeness (QED) is 0.0825. The molecule has 0 radical (unpaired) electrons. The standard InChI is InChI=1S/C19H48N2O6Si2.2HI/c1-20(2,16-12-18-28(22-5,23-6)24-7)14-11-15-21(3,4)17-13-19-29(25-8,26-9)27-10;;/h11-19H2,1-10H3;2*1H/q+2;;/p-2. The van der Waals surface area contributed by atoms with Crippen LogP contribution in [0.25, 0.3) is 0 Å². The van der Waals surface area contributed by atoms with E-state index in [1.807, 2.05) is 0 Å². The lowest BCUT2D eigenvalue weighted by molar-refractivity contribution is -0.909. The molecule has 0 saturated carbocycles. The third-order valence-corrected chi connectivity index (χ3v) is 11.5. The predicted octanol–water partition coefficient (Wildman–Crippen LogP) is -3.93. The molecule has 0 rings (SSSR count). The van der Waals surface area contributed by atoms with E-state index in [1.54, 1.807) is 42.7 Å². The van der Waals surface area contributed by atoms with Crippen LogP contribution in [0.2, 0.25) is 12.1 Å². The Bertz CT molecular complexity index is 389. The summed E-state index contributed by atoms with van der Waals surface area (Å²) in [6.07, 6.45) is 3.25. The summed E-state index contributed by atoms with van der Waals surface area (Å²) in [5.74, 6) is 0. The highest BCUT2D eigenvalue weighted by atomic mass is 127. The van der Waals surface area contributed by atoms with Gasteiger partial charge in [0.05, 0.1) is 54.4 Å². The highest BCUT2D eigenvalue weighted by Gasteiger charge is 2.38. The SMILES string of the molecule is CO[Si](CCC[N+](C)(C)CCC[N+](C)(C)CCC[Si](OC)(OC)OC)(OC)OC.[I-].[I-]. The Hall–Kier alpha value is 1.57. The molecular weight excluding hydrogens is 662 g/mol. The van der Waals surface area contributed by atoms with Gasteiger partial charge in [-0.1, -0.05) is 0 Å². The van der Waals surface area contributed by atoms with Gasteiger partial charge >= 0.3 is 17.6 Å². The zero-order chi connectivity index (χ0) is 22.6. The van der Waals surface area contributed by atoms with E-state index in [4.69, 9.17) is 26.6 Å². The zero-order valence-corrected chi connectivity index (χ0v) is 27.8. The topological polar surface area (TPSA) is 55.4 Å². The normalized spacial score (nSPS) is 13.0. The van der Waals surface area contributed by atoms with Gasteiger partial charge in [0.15, 0.2) is 0 Å². The van der Waals surface area contributed by atoms with Crippen LogP contribution in [-0.4, -0.2) is 124 Å². The van der Waals surface area contributed by atoms with Gasteiger partial charge in [-0.2, -0.15) is 0 Å². The minimum Gasteiger partial charge on any atom is -1.00 e. The van der Waals surface area contributed by atoms with E-state index < -0.39 is 17.6 Å². The summed E-state index contributed by atoms with van der Waals surface area (Å²) >= 11 is 0. The van der Waals surface area contributed by atoms with Crippen LogP contribution in [-0.2, 0) is 26.6 Å². The van der Waals surface area contributed by atoms with Gasteiger partial charge in [-0.3, -0.25) is 0 Å². The molecule has 0 N–H and O–H groups in total. The first-order valence-electron chi connectivity index (χ1n) is 10.4. The zero-order valence-electron chi connectivity index (χ0n) is 21.5. The lowest BCUT2D eigenvalue weighted by Crippen LogP contribution is -3.00. The van der Waals surface area contributed by atoms with Crippen molar-refractivity contribution in [2.45, 2.75) is 31.4 Å². The molecule has 0 aromatic heterocycles. The molecule has 0 spiro atoms. The largest absolute Gasteiger partial charge is 1.00 e. The Labute approximate surface area is 228 Å². The molecule has 0 aliphatic heterocycles. The molecule has 8 nitrogen and oxygen atoms in total. The molecule has 0 aliphatic carbocycles. The van der Waals surface area contributed by atoms with Crippen molar-refractivity contribution in [1.82, 2.24) is 0 Å². The van der Waals surface area contributed by atoms with Crippen LogP contribution in [0.5, 0.6) is 0 Å². The fourth-order valence-corrected chi connectivity index (χ4v) is 7.12. The van der Waals surface area contributed by atoms with Crippen molar-refractivity contribution in [1.29, 1.82) is 0 Å². The van der Waals surface area contributed by atoms with E-state index in [-0.39, 0.29) is 48.0 Å². The first-order chi connectivity index (χ1) is 13.5. The minimum atomic E-state index is -2.46. The number of halogens is 2. The van der Waals surface area contributed by atoms with Crippen LogP contribution >= 0.6 is 0 Å². The first kappa shape index (κ1) is 37.1. The van der Waals surface area contributed by atoms with Crippen molar-refractivity contribution in [3.05, 3.63) is 0 Å². The van der Waals surface area contributed by atoms with E-state index >= 15 is 0 Å². The highest BCUT2D eigenvalue weighted by molar-refractivity contribution is 6.60. The number of hydrogen-bond donors (Lipinski definition) is 0. The molecule has 0 atom stereocenters. The molecule has 0 bridgehead atoms. The average molecular weight is 711 g/mol. The molecular formula is C19H48I2N2O6Si2. The Morgan fingerprint density at radius 1 is 0.452 bits per heavy atom. The van der Waals surface area contributed by atoms with E-state index in [2.05, 4.69) is 28.2 Å². The van der Waals surface area contributed by atoms with E-state index in [9.17, 15) is 0 Å². The summed E-state index contributed by atoms with van der Waals surface area (Å²) in [5.41, 5.74) is 0. The van der Waals surface area contributed by atoms with Crippen LogP contribution in [0, 0.1) is 0 Å². The van der Waals surface area contributed by atoms with Crippen LogP contribution < -0.4 is 48.0 Å². The van der Waals surface area contributed by atoms with Gasteiger partial charge < -0.3 is 83.5 Å². The monoisotopic (exact) mass is 710 g/mol. The third kappa shape index (κ3) is 14.5. The van der Waals surface area contributed by atoms with Crippen LogP contribution in [0.3, 0.4) is 0 Å². The Morgan fingerprint density at radius 3 is 0.903 bits per heavy atom. The fraction of sp³-hybridized carbons (Fsp3) is 1.00. The third-order valence-electron chi connectivity index (χ3n) is 5.89. The summed E-state index contributed by atoms with van der Waals surface area (Å²) in [7, 11) is 14.3. The Morgan fingerprint density at radius 2 is 0.677 bits per heavy atom. The molecule has 31 heavy (non-hydrogen) atoms. The van der Waals surface area contributed by atoms with E-state index in [0.29, 0.717) is 0 Å². The summed E-state index contributed by atoms with van der Waals surface area (Å²) in [4.78, 5) is 0. The van der Waals surface area contributed by atoms with E-state index in [1.165, 1.54) is 6.42 Å². The maximum absolute atomic E-state index is 5.52. The minimum absolute atomic E-state index is 0. The number of quaternary nitrogens is 2. The molecule has 0 aliphatic rings. The summed E-state index contributed by atoms with van der Waals surface area (Å²) in [6, 6.07) is 1.70. The maximum Gasteiger partial charge on any atom is 0.500 e. The molecule has 0 heterocycles. The second-order valence-electron chi connectivity index (χ2n) is 8.92.